The van der Waals surface area contributed by atoms with Gasteiger partial charge in [-0.1, -0.05) is 6.92 Å². The number of nitrogens with one attached hydrogen (secondary N) is 1. The normalized spacial score (nSPS) is 21.6. The first-order valence-corrected chi connectivity index (χ1v) is 11.9. The Morgan fingerprint density at radius 2 is 1.73 bits per heavy atom. The number of hydrogen-bond acceptors (Lipinski definition) is 4. The summed E-state index contributed by atoms with van der Waals surface area (Å²) in [5, 5.41) is 2.99. The lowest BCUT2D eigenvalue weighted by Gasteiger charge is -2.35. The van der Waals surface area contributed by atoms with Gasteiger partial charge in [0.25, 0.3) is 5.91 Å². The highest BCUT2D eigenvalue weighted by molar-refractivity contribution is 5.93. The van der Waals surface area contributed by atoms with Gasteiger partial charge in [0.2, 0.25) is 5.91 Å². The molecule has 1 aliphatic carbocycles. The van der Waals surface area contributed by atoms with Gasteiger partial charge in [0.05, 0.1) is 5.56 Å². The van der Waals surface area contributed by atoms with Crippen molar-refractivity contribution in [2.45, 2.75) is 57.8 Å². The predicted molar refractivity (Wildman–Crippen MR) is 117 cm³/mol. The number of piperidine rings is 2. The highest BCUT2D eigenvalue weighted by atomic mass is 16.2. The van der Waals surface area contributed by atoms with Crippen molar-refractivity contribution in [1.29, 1.82) is 0 Å². The number of likely N-dealkylation sites (tertiary alicyclic amines) is 2. The topological polar surface area (TPSA) is 65.5 Å². The maximum atomic E-state index is 12.7. The van der Waals surface area contributed by atoms with Gasteiger partial charge in [-0.15, -0.1) is 0 Å². The summed E-state index contributed by atoms with van der Waals surface area (Å²) in [4.78, 5) is 34.0. The Morgan fingerprint density at radius 3 is 2.33 bits per heavy atom. The lowest BCUT2D eigenvalue weighted by molar-refractivity contribution is -0.133. The maximum Gasteiger partial charge on any atom is 0.252 e. The molecule has 1 saturated carbocycles. The third-order valence-corrected chi connectivity index (χ3v) is 7.18. The molecule has 30 heavy (non-hydrogen) atoms. The van der Waals surface area contributed by atoms with Gasteiger partial charge >= 0.3 is 0 Å². The first-order valence-electron chi connectivity index (χ1n) is 11.9. The molecule has 6 heteroatoms. The van der Waals surface area contributed by atoms with Crippen LogP contribution in [0.3, 0.4) is 0 Å². The van der Waals surface area contributed by atoms with Gasteiger partial charge in [-0.05, 0) is 82.1 Å². The number of pyridine rings is 1. The van der Waals surface area contributed by atoms with Gasteiger partial charge < -0.3 is 15.1 Å². The zero-order chi connectivity index (χ0) is 20.9. The van der Waals surface area contributed by atoms with E-state index in [9.17, 15) is 9.59 Å². The molecule has 0 unspecified atom stereocenters. The number of amides is 2. The molecule has 1 aromatic heterocycles. The number of carbonyl (C=O) groups excluding carboxylic acids is 2. The molecular formula is C24H36N4O2. The zero-order valence-corrected chi connectivity index (χ0v) is 18.3. The monoisotopic (exact) mass is 412 g/mol. The fourth-order valence-corrected chi connectivity index (χ4v) is 4.75. The molecule has 2 aliphatic heterocycles. The summed E-state index contributed by atoms with van der Waals surface area (Å²) in [6.45, 7) is 8.03. The second-order valence-electron chi connectivity index (χ2n) is 9.36. The third kappa shape index (κ3) is 5.60. The molecule has 1 N–H and O–H groups in total. The van der Waals surface area contributed by atoms with Crippen LogP contribution in [0.1, 0.15) is 73.8 Å². The third-order valence-electron chi connectivity index (χ3n) is 7.18. The molecule has 0 radical (unpaired) electrons. The molecular weight excluding hydrogens is 376 g/mol. The van der Waals surface area contributed by atoms with E-state index in [0.717, 1.165) is 70.6 Å². The Labute approximate surface area is 180 Å². The SMILES string of the molecule is CCN1CCC(CC(=O)N2CCC(c3ccc(C(=O)NCC4CC4)cn3)CC2)CC1. The van der Waals surface area contributed by atoms with E-state index in [1.807, 2.05) is 12.1 Å². The minimum atomic E-state index is -0.0221. The van der Waals surface area contributed by atoms with Crippen LogP contribution in [0.15, 0.2) is 18.3 Å². The van der Waals surface area contributed by atoms with Crippen molar-refractivity contribution in [3.05, 3.63) is 29.6 Å². The van der Waals surface area contributed by atoms with Crippen LogP contribution in [0.2, 0.25) is 0 Å². The Balaban J connectivity index is 1.21. The maximum absolute atomic E-state index is 12.7. The highest BCUT2D eigenvalue weighted by Crippen LogP contribution is 2.29. The molecule has 0 aromatic carbocycles. The predicted octanol–water partition coefficient (Wildman–Crippen LogP) is 3.05. The van der Waals surface area contributed by atoms with E-state index in [-0.39, 0.29) is 5.91 Å². The van der Waals surface area contributed by atoms with Crippen LogP contribution in [0.4, 0.5) is 0 Å². The average Bonchev–Trinajstić information content (AvgIpc) is 3.63. The van der Waals surface area contributed by atoms with Gasteiger partial charge in [-0.25, -0.2) is 0 Å². The largest absolute Gasteiger partial charge is 0.352 e. The molecule has 2 saturated heterocycles. The molecule has 0 bridgehead atoms. The van der Waals surface area contributed by atoms with Gasteiger partial charge in [-0.2, -0.15) is 0 Å². The van der Waals surface area contributed by atoms with E-state index in [2.05, 4.69) is 27.0 Å². The van der Waals surface area contributed by atoms with Crippen molar-refractivity contribution >= 4 is 11.8 Å². The molecule has 1 aromatic rings. The van der Waals surface area contributed by atoms with E-state index in [4.69, 9.17) is 0 Å². The molecule has 3 fully saturated rings. The zero-order valence-electron chi connectivity index (χ0n) is 18.3. The van der Waals surface area contributed by atoms with Crippen LogP contribution in [0.25, 0.3) is 0 Å². The van der Waals surface area contributed by atoms with Crippen LogP contribution in [0, 0.1) is 11.8 Å². The van der Waals surface area contributed by atoms with Gasteiger partial charge in [0.1, 0.15) is 0 Å². The number of nitrogens with zero attached hydrogens (tertiary/aromatic N) is 3. The average molecular weight is 413 g/mol. The van der Waals surface area contributed by atoms with Gasteiger partial charge in [0, 0.05) is 43.9 Å². The Kier molecular flexibility index (Phi) is 7.03. The van der Waals surface area contributed by atoms with E-state index in [1.54, 1.807) is 6.20 Å². The lowest BCUT2D eigenvalue weighted by Crippen LogP contribution is -2.40. The first-order chi connectivity index (χ1) is 14.6. The molecule has 3 aliphatic rings. The van der Waals surface area contributed by atoms with E-state index < -0.39 is 0 Å². The second-order valence-corrected chi connectivity index (χ2v) is 9.36. The molecule has 4 rings (SSSR count). The van der Waals surface area contributed by atoms with Crippen molar-refractivity contribution in [3.63, 3.8) is 0 Å². The van der Waals surface area contributed by atoms with Crippen molar-refractivity contribution in [3.8, 4) is 0 Å². The number of rotatable bonds is 7. The van der Waals surface area contributed by atoms with Crippen LogP contribution in [-0.4, -0.2) is 65.9 Å². The molecule has 164 valence electrons. The summed E-state index contributed by atoms with van der Waals surface area (Å²) in [6, 6.07) is 3.89. The molecule has 0 spiro atoms. The Hall–Kier alpha value is -1.95. The smallest absolute Gasteiger partial charge is 0.252 e. The fourth-order valence-electron chi connectivity index (χ4n) is 4.75. The summed E-state index contributed by atoms with van der Waals surface area (Å²) in [5.74, 6) is 1.92. The summed E-state index contributed by atoms with van der Waals surface area (Å²) >= 11 is 0. The molecule has 3 heterocycles. The van der Waals surface area contributed by atoms with Crippen LogP contribution >= 0.6 is 0 Å². The lowest BCUT2D eigenvalue weighted by atomic mass is 9.90. The van der Waals surface area contributed by atoms with Gasteiger partial charge in [0.15, 0.2) is 0 Å². The fraction of sp³-hybridized carbons (Fsp3) is 0.708. The minimum absolute atomic E-state index is 0.0221. The quantitative estimate of drug-likeness (QED) is 0.748. The molecule has 0 atom stereocenters. The number of carbonyl (C=O) groups is 2. The minimum Gasteiger partial charge on any atom is -0.352 e. The van der Waals surface area contributed by atoms with Crippen LogP contribution < -0.4 is 5.32 Å². The number of hydrogen-bond donors (Lipinski definition) is 1. The summed E-state index contributed by atoms with van der Waals surface area (Å²) in [5.41, 5.74) is 1.69. The second kappa shape index (κ2) is 9.90. The Morgan fingerprint density at radius 1 is 1.00 bits per heavy atom. The van der Waals surface area contributed by atoms with Crippen molar-refractivity contribution < 1.29 is 9.59 Å². The van der Waals surface area contributed by atoms with E-state index in [1.165, 1.54) is 12.8 Å². The Bertz CT molecular complexity index is 715. The summed E-state index contributed by atoms with van der Waals surface area (Å²) < 4.78 is 0. The standard InChI is InChI=1S/C24H36N4O2/c1-2-27-11-7-18(8-12-27)15-23(29)28-13-9-20(10-14-28)22-6-5-21(17-25-22)24(30)26-16-19-3-4-19/h5-6,17-20H,2-4,7-16H2,1H3,(H,26,30). The van der Waals surface area contributed by atoms with E-state index >= 15 is 0 Å². The number of aromatic nitrogens is 1. The molecule has 6 nitrogen and oxygen atoms in total. The van der Waals surface area contributed by atoms with Crippen LogP contribution in [0.5, 0.6) is 0 Å². The van der Waals surface area contributed by atoms with Crippen molar-refractivity contribution in [2.75, 3.05) is 39.3 Å². The summed E-state index contributed by atoms with van der Waals surface area (Å²) in [6.07, 6.45) is 9.11. The van der Waals surface area contributed by atoms with Crippen LogP contribution in [-0.2, 0) is 4.79 Å². The molecule has 2 amide bonds. The highest BCUT2D eigenvalue weighted by Gasteiger charge is 2.28. The summed E-state index contributed by atoms with van der Waals surface area (Å²) in [7, 11) is 0. The first kappa shape index (κ1) is 21.3. The van der Waals surface area contributed by atoms with Gasteiger partial charge in [-0.3, -0.25) is 14.6 Å². The van der Waals surface area contributed by atoms with Crippen molar-refractivity contribution in [1.82, 2.24) is 20.1 Å². The van der Waals surface area contributed by atoms with E-state index in [0.29, 0.717) is 35.6 Å². The van der Waals surface area contributed by atoms with Crippen molar-refractivity contribution in [2.24, 2.45) is 11.8 Å².